The minimum atomic E-state index is -0.294. The lowest BCUT2D eigenvalue weighted by molar-refractivity contribution is 0.197. The van der Waals surface area contributed by atoms with Gasteiger partial charge in [-0.3, -0.25) is 4.90 Å². The third kappa shape index (κ3) is 2.95. The lowest BCUT2D eigenvalue weighted by atomic mass is 9.99. The van der Waals surface area contributed by atoms with Gasteiger partial charge in [-0.25, -0.2) is 4.39 Å². The fraction of sp³-hybridized carbons (Fsp3) is 0.375. The number of benzene rings is 1. The topological polar surface area (TPSA) is 35.5 Å². The van der Waals surface area contributed by atoms with Crippen LogP contribution in [0.4, 0.5) is 4.39 Å². The monoisotopic (exact) mass is 306 g/mol. The molecule has 0 amide bonds. The molecule has 2 N–H and O–H groups in total. The van der Waals surface area contributed by atoms with Crippen molar-refractivity contribution in [2.45, 2.75) is 13.0 Å². The van der Waals surface area contributed by atoms with E-state index in [1.165, 1.54) is 12.1 Å². The van der Waals surface area contributed by atoms with Crippen LogP contribution in [-0.4, -0.2) is 36.2 Å². The molecule has 2 aromatic rings. The molecule has 1 fully saturated rings. The summed E-state index contributed by atoms with van der Waals surface area (Å²) in [4.78, 5) is 3.44. The van der Waals surface area contributed by atoms with Crippen LogP contribution >= 0.6 is 11.3 Å². The number of thiophene rings is 1. The summed E-state index contributed by atoms with van der Waals surface area (Å²) in [6.07, 6.45) is 0. The van der Waals surface area contributed by atoms with Crippen molar-refractivity contribution in [3.05, 3.63) is 51.5 Å². The molecule has 3 rings (SSSR count). The molecule has 1 atom stereocenters. The normalized spacial score (nSPS) is 17.8. The van der Waals surface area contributed by atoms with Gasteiger partial charge < -0.3 is 10.4 Å². The lowest BCUT2D eigenvalue weighted by Crippen LogP contribution is -2.45. The Hall–Kier alpha value is -1.43. The molecule has 1 aliphatic heterocycles. The molecular formula is C16H19FN2OS. The Morgan fingerprint density at radius 1 is 1.33 bits per heavy atom. The molecule has 0 aliphatic carbocycles. The molecule has 0 radical (unpaired) electrons. The number of hydrogen-bond acceptors (Lipinski definition) is 4. The first-order valence-corrected chi connectivity index (χ1v) is 8.02. The maximum atomic E-state index is 13.8. The SMILES string of the molecule is Cc1cc(F)cc([C@H](c2cccs2)N2CCNCC2)c1O. The van der Waals surface area contributed by atoms with Crippen molar-refractivity contribution >= 4 is 11.3 Å². The van der Waals surface area contributed by atoms with Gasteiger partial charge in [0.05, 0.1) is 6.04 Å². The number of aryl methyl sites for hydroxylation is 1. The van der Waals surface area contributed by atoms with Crippen molar-refractivity contribution in [1.82, 2.24) is 10.2 Å². The van der Waals surface area contributed by atoms with Crippen LogP contribution in [0.25, 0.3) is 0 Å². The maximum Gasteiger partial charge on any atom is 0.124 e. The summed E-state index contributed by atoms with van der Waals surface area (Å²) in [7, 11) is 0. The van der Waals surface area contributed by atoms with E-state index in [1.807, 2.05) is 11.4 Å². The van der Waals surface area contributed by atoms with E-state index in [1.54, 1.807) is 18.3 Å². The van der Waals surface area contributed by atoms with Crippen LogP contribution in [0, 0.1) is 12.7 Å². The number of rotatable bonds is 3. The fourth-order valence-electron chi connectivity index (χ4n) is 2.89. The summed E-state index contributed by atoms with van der Waals surface area (Å²) in [5, 5.41) is 15.8. The highest BCUT2D eigenvalue weighted by Gasteiger charge is 2.27. The molecule has 1 aromatic carbocycles. The van der Waals surface area contributed by atoms with Crippen molar-refractivity contribution in [3.63, 3.8) is 0 Å². The molecule has 21 heavy (non-hydrogen) atoms. The average Bonchev–Trinajstić information content (AvgIpc) is 2.99. The predicted octanol–water partition coefficient (Wildman–Crippen LogP) is 2.90. The van der Waals surface area contributed by atoms with E-state index in [0.717, 1.165) is 31.1 Å². The van der Waals surface area contributed by atoms with Gasteiger partial charge in [0.15, 0.2) is 0 Å². The average molecular weight is 306 g/mol. The highest BCUT2D eigenvalue weighted by atomic mass is 32.1. The first-order chi connectivity index (χ1) is 10.2. The van der Waals surface area contributed by atoms with Crippen LogP contribution in [-0.2, 0) is 0 Å². The minimum Gasteiger partial charge on any atom is -0.507 e. The summed E-state index contributed by atoms with van der Waals surface area (Å²) in [5.74, 6) is -0.0923. The summed E-state index contributed by atoms with van der Waals surface area (Å²) in [6.45, 7) is 5.34. The highest BCUT2D eigenvalue weighted by molar-refractivity contribution is 7.10. The zero-order valence-corrected chi connectivity index (χ0v) is 12.8. The Balaban J connectivity index is 2.07. The van der Waals surface area contributed by atoms with Crippen LogP contribution in [0.3, 0.4) is 0 Å². The standard InChI is InChI=1S/C16H19FN2OS/c1-11-9-12(17)10-13(16(11)20)15(14-3-2-8-21-14)19-6-4-18-5-7-19/h2-3,8-10,15,18,20H,4-7H2,1H3/t15-/m1/s1. The van der Waals surface area contributed by atoms with E-state index in [9.17, 15) is 9.50 Å². The number of nitrogens with one attached hydrogen (secondary N) is 1. The van der Waals surface area contributed by atoms with Crippen LogP contribution < -0.4 is 5.32 Å². The number of phenolic OH excluding ortho intramolecular Hbond substituents is 1. The van der Waals surface area contributed by atoms with Gasteiger partial charge in [-0.05, 0) is 36.1 Å². The van der Waals surface area contributed by atoms with Gasteiger partial charge in [0.1, 0.15) is 11.6 Å². The number of halogens is 1. The number of phenols is 1. The first kappa shape index (κ1) is 14.5. The third-order valence-corrected chi connectivity index (χ3v) is 4.84. The molecule has 112 valence electrons. The van der Waals surface area contributed by atoms with Gasteiger partial charge in [-0.1, -0.05) is 6.07 Å². The fourth-order valence-corrected chi connectivity index (χ4v) is 3.76. The number of aromatic hydroxyl groups is 1. The molecule has 0 saturated carbocycles. The lowest BCUT2D eigenvalue weighted by Gasteiger charge is -2.35. The molecule has 1 aliphatic rings. The third-order valence-electron chi connectivity index (χ3n) is 3.92. The van der Waals surface area contributed by atoms with Crippen LogP contribution in [0.2, 0.25) is 0 Å². The maximum absolute atomic E-state index is 13.8. The predicted molar refractivity (Wildman–Crippen MR) is 83.4 cm³/mol. The van der Waals surface area contributed by atoms with Gasteiger partial charge in [-0.15, -0.1) is 11.3 Å². The largest absolute Gasteiger partial charge is 0.507 e. The smallest absolute Gasteiger partial charge is 0.124 e. The Bertz CT molecular complexity index is 609. The second kappa shape index (κ2) is 6.13. The van der Waals surface area contributed by atoms with E-state index in [2.05, 4.69) is 16.3 Å². The summed E-state index contributed by atoms with van der Waals surface area (Å²) in [5.41, 5.74) is 1.25. The van der Waals surface area contributed by atoms with E-state index in [0.29, 0.717) is 11.1 Å². The molecule has 1 saturated heterocycles. The van der Waals surface area contributed by atoms with Gasteiger partial charge in [0, 0.05) is 36.6 Å². The molecule has 3 nitrogen and oxygen atoms in total. The van der Waals surface area contributed by atoms with E-state index in [-0.39, 0.29) is 17.6 Å². The molecule has 2 heterocycles. The van der Waals surface area contributed by atoms with E-state index >= 15 is 0 Å². The number of hydrogen-bond donors (Lipinski definition) is 2. The van der Waals surface area contributed by atoms with Gasteiger partial charge in [0.25, 0.3) is 0 Å². The van der Waals surface area contributed by atoms with Crippen LogP contribution in [0.15, 0.2) is 29.6 Å². The summed E-state index contributed by atoms with van der Waals surface area (Å²) >= 11 is 1.64. The molecule has 5 heteroatoms. The van der Waals surface area contributed by atoms with Crippen molar-refractivity contribution in [2.75, 3.05) is 26.2 Å². The second-order valence-electron chi connectivity index (χ2n) is 5.36. The Morgan fingerprint density at radius 3 is 2.76 bits per heavy atom. The molecular weight excluding hydrogens is 287 g/mol. The summed E-state index contributed by atoms with van der Waals surface area (Å²) in [6, 6.07) is 6.81. The second-order valence-corrected chi connectivity index (χ2v) is 6.34. The first-order valence-electron chi connectivity index (χ1n) is 7.14. The van der Waals surface area contributed by atoms with Gasteiger partial charge in [0.2, 0.25) is 0 Å². The Morgan fingerprint density at radius 2 is 2.10 bits per heavy atom. The molecule has 0 unspecified atom stereocenters. The molecule has 1 aromatic heterocycles. The highest BCUT2D eigenvalue weighted by Crippen LogP contribution is 2.38. The molecule has 0 spiro atoms. The Labute approximate surface area is 128 Å². The number of nitrogens with zero attached hydrogens (tertiary/aromatic N) is 1. The van der Waals surface area contributed by atoms with Gasteiger partial charge in [-0.2, -0.15) is 0 Å². The van der Waals surface area contributed by atoms with Crippen molar-refractivity contribution < 1.29 is 9.50 Å². The van der Waals surface area contributed by atoms with Crippen molar-refractivity contribution in [3.8, 4) is 5.75 Å². The quantitative estimate of drug-likeness (QED) is 0.915. The Kier molecular flexibility index (Phi) is 4.24. The zero-order valence-electron chi connectivity index (χ0n) is 12.0. The minimum absolute atomic E-state index is 0.0819. The van der Waals surface area contributed by atoms with Gasteiger partial charge >= 0.3 is 0 Å². The number of piperazine rings is 1. The summed E-state index contributed by atoms with van der Waals surface area (Å²) < 4.78 is 13.8. The van der Waals surface area contributed by atoms with Crippen LogP contribution in [0.5, 0.6) is 5.75 Å². The van der Waals surface area contributed by atoms with Crippen molar-refractivity contribution in [2.24, 2.45) is 0 Å². The zero-order chi connectivity index (χ0) is 14.8. The van der Waals surface area contributed by atoms with E-state index < -0.39 is 0 Å². The van der Waals surface area contributed by atoms with E-state index in [4.69, 9.17) is 0 Å². The molecule has 0 bridgehead atoms. The van der Waals surface area contributed by atoms with Crippen molar-refractivity contribution in [1.29, 1.82) is 0 Å². The van der Waals surface area contributed by atoms with Crippen LogP contribution in [0.1, 0.15) is 22.0 Å².